The van der Waals surface area contributed by atoms with E-state index in [1.54, 1.807) is 42.1 Å². The van der Waals surface area contributed by atoms with E-state index in [4.69, 9.17) is 0 Å². The zero-order chi connectivity index (χ0) is 41.1. The first kappa shape index (κ1) is 40.5. The maximum Gasteiger partial charge on any atom is 0.336 e. The first-order valence-electron chi connectivity index (χ1n) is 19.7. The van der Waals surface area contributed by atoms with E-state index in [0.29, 0.717) is 15.8 Å². The third-order valence-electron chi connectivity index (χ3n) is 12.5. The summed E-state index contributed by atoms with van der Waals surface area (Å²) >= 11 is 1.74. The predicted octanol–water partition coefficient (Wildman–Crippen LogP) is 13.1. The van der Waals surface area contributed by atoms with Gasteiger partial charge in [0.05, 0.1) is 21.9 Å². The van der Waals surface area contributed by atoms with E-state index >= 15 is 0 Å². The molecule has 1 unspecified atom stereocenters. The molecule has 7 heteroatoms. The Morgan fingerprint density at radius 3 is 1.44 bits per heavy atom. The Bertz CT molecular complexity index is 2600. The van der Waals surface area contributed by atoms with Gasteiger partial charge in [-0.15, -0.1) is 0 Å². The summed E-state index contributed by atoms with van der Waals surface area (Å²) in [6, 6.07) is 35.2. The van der Waals surface area contributed by atoms with E-state index in [-0.39, 0.29) is 27.2 Å². The molecule has 0 aliphatic heterocycles. The fraction of sp³-hybridized carbons (Fsp3) is 0.320. The van der Waals surface area contributed by atoms with Crippen molar-refractivity contribution in [1.29, 1.82) is 0 Å². The molecule has 294 valence electrons. The smallest absolute Gasteiger partial charge is 0.336 e. The highest BCUT2D eigenvalue weighted by molar-refractivity contribution is 7.99. The number of hydrogen-bond acceptors (Lipinski definition) is 4. The first-order chi connectivity index (χ1) is 26.8. The lowest BCUT2D eigenvalue weighted by Crippen LogP contribution is -2.33. The number of rotatable bonds is 6. The minimum Gasteiger partial charge on any atom is -0.478 e. The number of carboxylic acids is 2. The molecule has 0 saturated heterocycles. The van der Waals surface area contributed by atoms with Crippen molar-refractivity contribution in [2.24, 2.45) is 0 Å². The second kappa shape index (κ2) is 14.9. The largest absolute Gasteiger partial charge is 0.478 e. The summed E-state index contributed by atoms with van der Waals surface area (Å²) in [5.74, 6) is -1.84. The van der Waals surface area contributed by atoms with Gasteiger partial charge in [0.1, 0.15) is 0 Å². The Hall–Kier alpha value is -4.72. The molecule has 2 aliphatic carbocycles. The van der Waals surface area contributed by atoms with Gasteiger partial charge in [0.2, 0.25) is 0 Å². The van der Waals surface area contributed by atoms with Gasteiger partial charge in [0, 0.05) is 19.6 Å². The standard InChI is InChI=1S/C25H26O3S.C25H26O2S/c1-24(2)12-13-25(3,4)22-15-18(9-11-21(22)24)29(28)17-8-10-19-16(14-17)6-5-7-20(19)23(26)27;1-24(2)12-13-25(3,4)22-15-18(9-11-21(22)24)28-17-8-10-19-16(14-17)6-5-7-20(19)23(26)27/h5-11,14-15H,12-13H2,1-4H3,(H,26,27);5-11,14-15H,12-13H2,1-4H3,(H,26,27). The normalized spacial score (nSPS) is 17.8. The Morgan fingerprint density at radius 2 is 0.895 bits per heavy atom. The van der Waals surface area contributed by atoms with Gasteiger partial charge in [-0.05, 0) is 152 Å². The van der Waals surface area contributed by atoms with Crippen molar-refractivity contribution in [1.82, 2.24) is 0 Å². The van der Waals surface area contributed by atoms with Crippen molar-refractivity contribution in [2.45, 2.75) is 122 Å². The average molecular weight is 797 g/mol. The van der Waals surface area contributed by atoms with Crippen LogP contribution < -0.4 is 0 Å². The van der Waals surface area contributed by atoms with Crippen molar-refractivity contribution in [3.8, 4) is 0 Å². The summed E-state index contributed by atoms with van der Waals surface area (Å²) in [4.78, 5) is 26.7. The van der Waals surface area contributed by atoms with Crippen LogP contribution in [-0.4, -0.2) is 26.4 Å². The van der Waals surface area contributed by atoms with Crippen LogP contribution in [0.1, 0.15) is 124 Å². The summed E-state index contributed by atoms with van der Waals surface area (Å²) in [6.07, 6.45) is 4.67. The summed E-state index contributed by atoms with van der Waals surface area (Å²) in [7, 11) is -1.32. The number of hydrogen-bond donors (Lipinski definition) is 2. The van der Waals surface area contributed by atoms with Crippen LogP contribution >= 0.6 is 11.8 Å². The number of fused-ring (bicyclic) bond motifs is 4. The van der Waals surface area contributed by atoms with Crippen molar-refractivity contribution >= 4 is 56.0 Å². The van der Waals surface area contributed by atoms with Crippen LogP contribution in [0.2, 0.25) is 0 Å². The van der Waals surface area contributed by atoms with Crippen LogP contribution in [0.5, 0.6) is 0 Å². The van der Waals surface area contributed by atoms with Crippen molar-refractivity contribution in [3.05, 3.63) is 143 Å². The second-order valence-electron chi connectivity index (χ2n) is 18.3. The molecule has 2 aliphatic rings. The van der Waals surface area contributed by atoms with Crippen LogP contribution in [0.3, 0.4) is 0 Å². The predicted molar refractivity (Wildman–Crippen MR) is 234 cm³/mol. The third kappa shape index (κ3) is 7.93. The first-order valence-corrected chi connectivity index (χ1v) is 21.7. The third-order valence-corrected chi connectivity index (χ3v) is 14.8. The van der Waals surface area contributed by atoms with Crippen LogP contribution in [0.15, 0.2) is 129 Å². The second-order valence-corrected chi connectivity index (χ2v) is 20.9. The highest BCUT2D eigenvalue weighted by Crippen LogP contribution is 2.48. The maximum atomic E-state index is 13.4. The van der Waals surface area contributed by atoms with Crippen molar-refractivity contribution < 1.29 is 24.0 Å². The molecule has 57 heavy (non-hydrogen) atoms. The molecule has 0 aromatic heterocycles. The van der Waals surface area contributed by atoms with Gasteiger partial charge in [0.15, 0.2) is 0 Å². The quantitative estimate of drug-likeness (QED) is 0.174. The van der Waals surface area contributed by atoms with Crippen molar-refractivity contribution in [2.75, 3.05) is 0 Å². The summed E-state index contributed by atoms with van der Waals surface area (Å²) < 4.78 is 13.4. The average Bonchev–Trinajstić information content (AvgIpc) is 3.17. The van der Waals surface area contributed by atoms with Gasteiger partial charge < -0.3 is 10.2 Å². The molecule has 0 heterocycles. The monoisotopic (exact) mass is 796 g/mol. The molecule has 0 bridgehead atoms. The van der Waals surface area contributed by atoms with E-state index in [1.165, 1.54) is 40.0 Å². The molecule has 6 aromatic rings. The summed E-state index contributed by atoms with van der Waals surface area (Å²) in [5.41, 5.74) is 6.79. The Kier molecular flexibility index (Phi) is 10.6. The highest BCUT2D eigenvalue weighted by Gasteiger charge is 2.38. The van der Waals surface area contributed by atoms with Gasteiger partial charge >= 0.3 is 11.9 Å². The molecular formula is C50H52O5S2. The Labute approximate surface area is 343 Å². The lowest BCUT2D eigenvalue weighted by atomic mass is 9.63. The van der Waals surface area contributed by atoms with E-state index < -0.39 is 22.7 Å². The number of aromatic carboxylic acids is 2. The maximum absolute atomic E-state index is 13.4. The van der Waals surface area contributed by atoms with Gasteiger partial charge in [-0.1, -0.05) is 116 Å². The SMILES string of the molecule is CC1(C)CCC(C)(C)c2cc(S(=O)c3ccc4c(C(=O)O)cccc4c3)ccc21.CC1(C)CCC(C)(C)c2cc(Sc3ccc4c(C(=O)O)cccc4c3)ccc21. The van der Waals surface area contributed by atoms with Crippen LogP contribution in [0.25, 0.3) is 21.5 Å². The molecule has 8 rings (SSSR count). The Balaban J connectivity index is 0.000000174. The lowest BCUT2D eigenvalue weighted by Gasteiger charge is -2.42. The van der Waals surface area contributed by atoms with E-state index in [9.17, 15) is 24.0 Å². The van der Waals surface area contributed by atoms with Gasteiger partial charge in [-0.3, -0.25) is 0 Å². The van der Waals surface area contributed by atoms with Crippen LogP contribution in [0, 0.1) is 0 Å². The number of benzene rings is 6. The van der Waals surface area contributed by atoms with Crippen LogP contribution in [0.4, 0.5) is 0 Å². The fourth-order valence-electron chi connectivity index (χ4n) is 8.66. The molecule has 5 nitrogen and oxygen atoms in total. The van der Waals surface area contributed by atoms with Gasteiger partial charge in [-0.25, -0.2) is 13.8 Å². The molecule has 0 amide bonds. The van der Waals surface area contributed by atoms with Gasteiger partial charge in [-0.2, -0.15) is 0 Å². The van der Waals surface area contributed by atoms with Crippen LogP contribution in [-0.2, 0) is 32.5 Å². The molecule has 0 spiro atoms. The summed E-state index contributed by atoms with van der Waals surface area (Å²) in [6.45, 7) is 18.5. The molecule has 2 N–H and O–H groups in total. The Morgan fingerprint density at radius 1 is 0.491 bits per heavy atom. The van der Waals surface area contributed by atoms with E-state index in [0.717, 1.165) is 38.8 Å². The zero-order valence-corrected chi connectivity index (χ0v) is 35.8. The molecule has 1 atom stereocenters. The molecular weight excluding hydrogens is 745 g/mol. The minimum atomic E-state index is -1.32. The van der Waals surface area contributed by atoms with Crippen molar-refractivity contribution in [3.63, 3.8) is 0 Å². The molecule has 0 saturated carbocycles. The number of carbonyl (C=O) groups is 2. The molecule has 0 fully saturated rings. The van der Waals surface area contributed by atoms with E-state index in [1.807, 2.05) is 42.5 Å². The molecule has 0 radical (unpaired) electrons. The highest BCUT2D eigenvalue weighted by atomic mass is 32.2. The number of carboxylic acid groups (broad SMARTS) is 2. The minimum absolute atomic E-state index is 0.0604. The molecule has 6 aromatic carbocycles. The van der Waals surface area contributed by atoms with Gasteiger partial charge in [0.25, 0.3) is 0 Å². The lowest BCUT2D eigenvalue weighted by molar-refractivity contribution is 0.0688. The zero-order valence-electron chi connectivity index (χ0n) is 34.2. The van der Waals surface area contributed by atoms with E-state index in [2.05, 4.69) is 91.8 Å². The topological polar surface area (TPSA) is 91.7 Å². The fourth-order valence-corrected chi connectivity index (χ4v) is 10.7. The summed E-state index contributed by atoms with van der Waals surface area (Å²) in [5, 5.41) is 22.0.